The van der Waals surface area contributed by atoms with Crippen molar-refractivity contribution in [1.82, 2.24) is 0 Å². The normalized spacial score (nSPS) is 13.8. The summed E-state index contributed by atoms with van der Waals surface area (Å²) in [4.78, 5) is 0. The monoisotopic (exact) mass is 738 g/mol. The summed E-state index contributed by atoms with van der Waals surface area (Å²) in [6.07, 6.45) is 17.2. The van der Waals surface area contributed by atoms with E-state index in [4.69, 9.17) is 0 Å². The Morgan fingerprint density at radius 2 is 1.22 bits per heavy atom. The second kappa shape index (κ2) is 15.0. The zero-order valence-corrected chi connectivity index (χ0v) is 35.2. The molecule has 0 fully saturated rings. The van der Waals surface area contributed by atoms with Crippen molar-refractivity contribution >= 4 is 6.48 Å². The average molecular weight is 740 g/mol. The SMILES string of the molecule is CCCC[C](CCCC)=[Zr]([C]1=CC=CC1)[c]1c2c(cc(C(C)(C)C)c1-c1ccc(C)cc1)-c1cc(C(C)(C)C)c(-c3ccc(C)cc3)cc1C2. The zero-order valence-electron chi connectivity index (χ0n) is 32.7. The van der Waals surface area contributed by atoms with Crippen LogP contribution in [0.25, 0.3) is 33.4 Å². The van der Waals surface area contributed by atoms with E-state index in [1.165, 1.54) is 94.2 Å². The third-order valence-electron chi connectivity index (χ3n) is 11.0. The molecule has 4 aromatic carbocycles. The molecule has 4 aromatic rings. The zero-order chi connectivity index (χ0) is 35.8. The van der Waals surface area contributed by atoms with Gasteiger partial charge in [0.25, 0.3) is 0 Å². The van der Waals surface area contributed by atoms with Crippen molar-refractivity contribution in [1.29, 1.82) is 0 Å². The molecule has 2 aliphatic carbocycles. The van der Waals surface area contributed by atoms with E-state index in [0.717, 1.165) is 12.8 Å². The van der Waals surface area contributed by atoms with Crippen molar-refractivity contribution < 1.29 is 21.3 Å². The van der Waals surface area contributed by atoms with Gasteiger partial charge in [-0.05, 0) is 0 Å². The third kappa shape index (κ3) is 7.51. The predicted molar refractivity (Wildman–Crippen MR) is 218 cm³/mol. The number of fused-ring (bicyclic) bond motifs is 3. The molecule has 0 nitrogen and oxygen atoms in total. The maximum absolute atomic E-state index is 2.65. The van der Waals surface area contributed by atoms with Gasteiger partial charge in [0.05, 0.1) is 0 Å². The van der Waals surface area contributed by atoms with Crippen LogP contribution in [0.3, 0.4) is 0 Å². The van der Waals surface area contributed by atoms with Gasteiger partial charge in [0.15, 0.2) is 0 Å². The Kier molecular flexibility index (Phi) is 11.1. The number of allylic oxidation sites excluding steroid dienone is 4. The average Bonchev–Trinajstić information content (AvgIpc) is 3.73. The second-order valence-corrected chi connectivity index (χ2v) is 23.6. The Hall–Kier alpha value is -2.89. The van der Waals surface area contributed by atoms with E-state index in [1.54, 1.807) is 17.7 Å². The van der Waals surface area contributed by atoms with Crippen LogP contribution < -0.4 is 3.27 Å². The number of aryl methyl sites for hydroxylation is 2. The van der Waals surface area contributed by atoms with Crippen LogP contribution in [0, 0.1) is 13.8 Å². The van der Waals surface area contributed by atoms with Gasteiger partial charge in [-0.25, -0.2) is 0 Å². The molecule has 0 amide bonds. The van der Waals surface area contributed by atoms with E-state index in [1.807, 2.05) is 3.21 Å². The van der Waals surface area contributed by atoms with Gasteiger partial charge < -0.3 is 0 Å². The van der Waals surface area contributed by atoms with Crippen LogP contribution in [0.5, 0.6) is 0 Å². The van der Waals surface area contributed by atoms with Crippen molar-refractivity contribution in [3.8, 4) is 33.4 Å². The van der Waals surface area contributed by atoms with Gasteiger partial charge in [0, 0.05) is 0 Å². The third-order valence-corrected chi connectivity index (χ3v) is 19.1. The van der Waals surface area contributed by atoms with Gasteiger partial charge in [-0.2, -0.15) is 0 Å². The van der Waals surface area contributed by atoms with E-state index in [2.05, 4.69) is 154 Å². The number of rotatable bonds is 10. The van der Waals surface area contributed by atoms with Gasteiger partial charge >= 0.3 is 314 Å². The number of hydrogen-bond donors (Lipinski definition) is 0. The topological polar surface area (TPSA) is 0 Å². The van der Waals surface area contributed by atoms with E-state index in [9.17, 15) is 0 Å². The maximum atomic E-state index is 2.65. The number of benzene rings is 4. The quantitative estimate of drug-likeness (QED) is 0.134. The summed E-state index contributed by atoms with van der Waals surface area (Å²) in [7, 11) is 0. The van der Waals surface area contributed by atoms with E-state index in [0.29, 0.717) is 0 Å². The molecular weight excluding hydrogens is 680 g/mol. The van der Waals surface area contributed by atoms with Crippen molar-refractivity contribution in [2.45, 2.75) is 131 Å². The molecule has 0 spiro atoms. The molecular formula is C49H60Zr. The Morgan fingerprint density at radius 3 is 1.74 bits per heavy atom. The van der Waals surface area contributed by atoms with Gasteiger partial charge in [-0.15, -0.1) is 0 Å². The van der Waals surface area contributed by atoms with Crippen LogP contribution in [-0.4, -0.2) is 3.21 Å². The summed E-state index contributed by atoms with van der Waals surface area (Å²) in [5.41, 5.74) is 17.5. The first-order chi connectivity index (χ1) is 23.8. The predicted octanol–water partition coefficient (Wildman–Crippen LogP) is 13.4. The fraction of sp³-hybridized carbons (Fsp3) is 0.408. The summed E-state index contributed by atoms with van der Waals surface area (Å²) in [5.74, 6) is 0. The molecule has 0 bridgehead atoms. The molecule has 0 saturated heterocycles. The molecule has 0 unspecified atom stereocenters. The van der Waals surface area contributed by atoms with Crippen LogP contribution >= 0.6 is 0 Å². The van der Waals surface area contributed by atoms with Crippen molar-refractivity contribution in [3.05, 3.63) is 122 Å². The minimum atomic E-state index is -2.58. The van der Waals surface area contributed by atoms with Gasteiger partial charge in [0.1, 0.15) is 0 Å². The van der Waals surface area contributed by atoms with Crippen molar-refractivity contribution in [2.75, 3.05) is 0 Å². The Labute approximate surface area is 312 Å². The van der Waals surface area contributed by atoms with Crippen molar-refractivity contribution in [3.63, 3.8) is 0 Å². The summed E-state index contributed by atoms with van der Waals surface area (Å²) >= 11 is -2.58. The fourth-order valence-electron chi connectivity index (χ4n) is 8.21. The molecule has 0 saturated carbocycles. The standard InChI is InChI=1S/C35H37.C9H18.C5H5.Zr/c1-22-9-13-24(14-10-22)30-18-26-17-27-19-31(25-15-11-23(2)12-16-25)33(35(6,7)8)21-29(27)28(26)20-32(30)34(3,4)5;1-3-5-7-9-8-6-4-2;1-2-4-5-3-1;/h9-16,18,20-21H,17H2,1-8H3;3-8H2,1-2H3;1-3H,4H2;. The summed E-state index contributed by atoms with van der Waals surface area (Å²) in [6, 6.07) is 26.6. The Balaban J connectivity index is 1.74. The second-order valence-electron chi connectivity index (χ2n) is 17.2. The van der Waals surface area contributed by atoms with E-state index >= 15 is 0 Å². The van der Waals surface area contributed by atoms with Crippen LogP contribution in [0.1, 0.15) is 134 Å². The van der Waals surface area contributed by atoms with Crippen LogP contribution in [0.2, 0.25) is 0 Å². The molecule has 0 aliphatic heterocycles. The van der Waals surface area contributed by atoms with Crippen LogP contribution in [0.4, 0.5) is 0 Å². The first-order valence-electron chi connectivity index (χ1n) is 19.4. The van der Waals surface area contributed by atoms with Gasteiger partial charge in [-0.1, -0.05) is 0 Å². The van der Waals surface area contributed by atoms with Crippen LogP contribution in [0.15, 0.2) is 88.2 Å². The fourth-order valence-corrected chi connectivity index (χ4v) is 17.1. The number of hydrogen-bond acceptors (Lipinski definition) is 0. The molecule has 0 aromatic heterocycles. The van der Waals surface area contributed by atoms with E-state index in [-0.39, 0.29) is 10.8 Å². The molecule has 1 heteroatoms. The molecule has 0 N–H and O–H groups in total. The summed E-state index contributed by atoms with van der Waals surface area (Å²) in [5, 5.41) is 0. The van der Waals surface area contributed by atoms with Gasteiger partial charge in [0.2, 0.25) is 0 Å². The first-order valence-corrected chi connectivity index (χ1v) is 23.1. The molecule has 0 radical (unpaired) electrons. The van der Waals surface area contributed by atoms with Crippen molar-refractivity contribution in [2.24, 2.45) is 0 Å². The number of unbranched alkanes of at least 4 members (excludes halogenated alkanes) is 2. The molecule has 260 valence electrons. The first kappa shape index (κ1) is 36.9. The molecule has 50 heavy (non-hydrogen) atoms. The molecule has 0 atom stereocenters. The molecule has 0 heterocycles. The molecule has 6 rings (SSSR count). The summed E-state index contributed by atoms with van der Waals surface area (Å²) < 4.78 is 5.52. The van der Waals surface area contributed by atoms with E-state index < -0.39 is 21.3 Å². The summed E-state index contributed by atoms with van der Waals surface area (Å²) in [6.45, 7) is 23.7. The Bertz CT molecular complexity index is 1950. The minimum absolute atomic E-state index is 0.00498. The van der Waals surface area contributed by atoms with Crippen LogP contribution in [-0.2, 0) is 38.5 Å². The molecule has 2 aliphatic rings. The Morgan fingerprint density at radius 1 is 0.660 bits per heavy atom. The van der Waals surface area contributed by atoms with Gasteiger partial charge in [-0.3, -0.25) is 0 Å².